The molecule has 0 saturated heterocycles. The topological polar surface area (TPSA) is 116 Å². The third-order valence-corrected chi connectivity index (χ3v) is 7.92. The normalized spacial score (nSPS) is 23.6. The first-order chi connectivity index (χ1) is 16.2. The fourth-order valence-corrected chi connectivity index (χ4v) is 5.13. The van der Waals surface area contributed by atoms with Crippen molar-refractivity contribution in [1.82, 2.24) is 24.6 Å². The fourth-order valence-electron chi connectivity index (χ4n) is 3.72. The highest BCUT2D eigenvalue weighted by atomic mass is 32.2. The summed E-state index contributed by atoms with van der Waals surface area (Å²) in [5.41, 5.74) is 1.35. The van der Waals surface area contributed by atoms with E-state index >= 15 is 0 Å². The van der Waals surface area contributed by atoms with Crippen LogP contribution in [0.2, 0.25) is 0 Å². The molecule has 34 heavy (non-hydrogen) atoms. The van der Waals surface area contributed by atoms with Gasteiger partial charge in [-0.2, -0.15) is 4.31 Å². The minimum absolute atomic E-state index is 0.0318. The Labute approximate surface area is 201 Å². The Morgan fingerprint density at radius 1 is 1.26 bits per heavy atom. The number of aryl methyl sites for hydroxylation is 2. The second kappa shape index (κ2) is 11.9. The van der Waals surface area contributed by atoms with E-state index in [1.54, 1.807) is 43.0 Å². The highest BCUT2D eigenvalue weighted by Crippen LogP contribution is 2.21. The van der Waals surface area contributed by atoms with Gasteiger partial charge in [0.25, 0.3) is 0 Å². The lowest BCUT2D eigenvalue weighted by molar-refractivity contribution is -0.144. The van der Waals surface area contributed by atoms with E-state index < -0.39 is 16.1 Å². The summed E-state index contributed by atoms with van der Waals surface area (Å²) in [6, 6.07) is 6.90. The van der Waals surface area contributed by atoms with Crippen molar-refractivity contribution in [3.8, 4) is 0 Å². The summed E-state index contributed by atoms with van der Waals surface area (Å²) in [6.07, 6.45) is 2.31. The number of likely N-dealkylation sites (N-methyl/N-ethyl adjacent to an activating group) is 1. The summed E-state index contributed by atoms with van der Waals surface area (Å²) in [5.74, 6) is -0.269. The summed E-state index contributed by atoms with van der Waals surface area (Å²) in [4.78, 5) is 12.3. The molecule has 0 fully saturated rings. The van der Waals surface area contributed by atoms with Crippen LogP contribution in [0, 0.1) is 12.8 Å². The van der Waals surface area contributed by atoms with Gasteiger partial charge in [-0.05, 0) is 37.8 Å². The molecule has 0 radical (unpaired) electrons. The van der Waals surface area contributed by atoms with Gasteiger partial charge < -0.3 is 14.8 Å². The van der Waals surface area contributed by atoms with Crippen molar-refractivity contribution >= 4 is 16.0 Å². The SMILES string of the molecule is Cc1ccccc1S(=O)(=O)N(C)C[C@H]1OCc2cn(nn2)CCCC(=O)OC[C@@H](C)NC[C@H]1C. The summed E-state index contributed by atoms with van der Waals surface area (Å²) in [6.45, 7) is 7.51. The Hall–Kier alpha value is -2.34. The highest BCUT2D eigenvalue weighted by molar-refractivity contribution is 7.89. The van der Waals surface area contributed by atoms with E-state index in [-0.39, 0.29) is 42.6 Å². The van der Waals surface area contributed by atoms with Crippen LogP contribution in [0.5, 0.6) is 0 Å². The average molecular weight is 494 g/mol. The van der Waals surface area contributed by atoms with Gasteiger partial charge in [0.2, 0.25) is 10.0 Å². The maximum absolute atomic E-state index is 13.2. The van der Waals surface area contributed by atoms with Crippen LogP contribution in [0.4, 0.5) is 0 Å². The van der Waals surface area contributed by atoms with Crippen molar-refractivity contribution in [3.05, 3.63) is 41.7 Å². The predicted octanol–water partition coefficient (Wildman–Crippen LogP) is 1.74. The van der Waals surface area contributed by atoms with Crippen LogP contribution in [0.3, 0.4) is 0 Å². The number of ether oxygens (including phenoxy) is 2. The van der Waals surface area contributed by atoms with Crippen LogP contribution in [0.15, 0.2) is 35.4 Å². The Morgan fingerprint density at radius 3 is 2.79 bits per heavy atom. The van der Waals surface area contributed by atoms with Crippen LogP contribution in [-0.2, 0) is 37.4 Å². The second-order valence-corrected chi connectivity index (χ2v) is 11.0. The van der Waals surface area contributed by atoms with Gasteiger partial charge in [-0.3, -0.25) is 9.48 Å². The van der Waals surface area contributed by atoms with Crippen molar-refractivity contribution in [2.24, 2.45) is 5.92 Å². The van der Waals surface area contributed by atoms with E-state index in [1.807, 2.05) is 19.9 Å². The zero-order valence-electron chi connectivity index (χ0n) is 20.3. The van der Waals surface area contributed by atoms with E-state index in [0.29, 0.717) is 37.2 Å². The monoisotopic (exact) mass is 493 g/mol. The van der Waals surface area contributed by atoms with Crippen LogP contribution < -0.4 is 5.32 Å². The van der Waals surface area contributed by atoms with Gasteiger partial charge in [0.15, 0.2) is 0 Å². The molecule has 3 atom stereocenters. The number of cyclic esters (lactones) is 1. The summed E-state index contributed by atoms with van der Waals surface area (Å²) in [7, 11) is -2.11. The number of nitrogens with zero attached hydrogens (tertiary/aromatic N) is 4. The van der Waals surface area contributed by atoms with Crippen LogP contribution in [-0.4, -0.2) is 72.6 Å². The number of hydrogen-bond acceptors (Lipinski definition) is 8. The van der Waals surface area contributed by atoms with E-state index in [0.717, 1.165) is 0 Å². The van der Waals surface area contributed by atoms with Gasteiger partial charge in [0.1, 0.15) is 12.3 Å². The minimum Gasteiger partial charge on any atom is -0.464 e. The number of carbonyl (C=O) groups excluding carboxylic acids is 1. The number of hydrogen-bond donors (Lipinski definition) is 1. The van der Waals surface area contributed by atoms with Crippen LogP contribution in [0.1, 0.15) is 37.9 Å². The molecule has 0 saturated carbocycles. The Morgan fingerprint density at radius 2 is 2.03 bits per heavy atom. The lowest BCUT2D eigenvalue weighted by Gasteiger charge is -2.29. The molecule has 188 valence electrons. The molecule has 2 aromatic rings. The van der Waals surface area contributed by atoms with Crippen molar-refractivity contribution in [3.63, 3.8) is 0 Å². The molecule has 1 N–H and O–H groups in total. The lowest BCUT2D eigenvalue weighted by Crippen LogP contribution is -2.43. The third kappa shape index (κ3) is 7.08. The molecule has 3 rings (SSSR count). The average Bonchev–Trinajstić information content (AvgIpc) is 3.25. The second-order valence-electron chi connectivity index (χ2n) is 8.95. The summed E-state index contributed by atoms with van der Waals surface area (Å²) >= 11 is 0. The largest absolute Gasteiger partial charge is 0.464 e. The van der Waals surface area contributed by atoms with E-state index in [1.165, 1.54) is 4.31 Å². The quantitative estimate of drug-likeness (QED) is 0.641. The van der Waals surface area contributed by atoms with Crippen molar-refractivity contribution in [1.29, 1.82) is 0 Å². The molecule has 2 bridgehead atoms. The number of sulfonamides is 1. The summed E-state index contributed by atoms with van der Waals surface area (Å²) < 4.78 is 41.0. The number of aromatic nitrogens is 3. The summed E-state index contributed by atoms with van der Waals surface area (Å²) in [5, 5.41) is 11.6. The Kier molecular flexibility index (Phi) is 9.17. The van der Waals surface area contributed by atoms with E-state index in [9.17, 15) is 13.2 Å². The van der Waals surface area contributed by atoms with Gasteiger partial charge in [-0.1, -0.05) is 30.3 Å². The zero-order chi connectivity index (χ0) is 24.7. The van der Waals surface area contributed by atoms with Gasteiger partial charge in [-0.15, -0.1) is 5.10 Å². The Balaban J connectivity index is 1.76. The first kappa shape index (κ1) is 26.3. The first-order valence-electron chi connectivity index (χ1n) is 11.6. The van der Waals surface area contributed by atoms with Crippen LogP contribution in [0.25, 0.3) is 0 Å². The third-order valence-electron chi connectivity index (χ3n) is 5.94. The Bertz CT molecular complexity index is 1060. The smallest absolute Gasteiger partial charge is 0.305 e. The van der Waals surface area contributed by atoms with Crippen molar-refractivity contribution < 1.29 is 22.7 Å². The molecule has 0 amide bonds. The molecule has 2 heterocycles. The van der Waals surface area contributed by atoms with Crippen LogP contribution >= 0.6 is 0 Å². The standard InChI is InChI=1S/C23H35N5O5S/c1-17-8-5-6-9-22(17)34(30,31)27(4)14-21-18(2)12-24-19(3)15-33-23(29)10-7-11-28-13-20(16-32-21)25-26-28/h5-6,8-9,13,18-19,21,24H,7,10-12,14-16H2,1-4H3/t18-,19-,21-/m1/s1. The maximum Gasteiger partial charge on any atom is 0.305 e. The predicted molar refractivity (Wildman–Crippen MR) is 126 cm³/mol. The molecule has 10 nitrogen and oxygen atoms in total. The molecule has 1 aliphatic rings. The van der Waals surface area contributed by atoms with Crippen molar-refractivity contribution in [2.45, 2.75) is 63.8 Å². The van der Waals surface area contributed by atoms with E-state index in [2.05, 4.69) is 15.6 Å². The van der Waals surface area contributed by atoms with E-state index in [4.69, 9.17) is 9.47 Å². The molecule has 11 heteroatoms. The minimum atomic E-state index is -3.68. The van der Waals surface area contributed by atoms with Gasteiger partial charge in [0.05, 0.1) is 23.8 Å². The van der Waals surface area contributed by atoms with Gasteiger partial charge in [0, 0.05) is 39.1 Å². The molecule has 1 aromatic carbocycles. The molecule has 0 spiro atoms. The molecular weight excluding hydrogens is 458 g/mol. The lowest BCUT2D eigenvalue weighted by atomic mass is 10.0. The highest BCUT2D eigenvalue weighted by Gasteiger charge is 2.28. The van der Waals surface area contributed by atoms with Gasteiger partial charge >= 0.3 is 5.97 Å². The maximum atomic E-state index is 13.2. The molecule has 0 aliphatic carbocycles. The first-order valence-corrected chi connectivity index (χ1v) is 13.0. The zero-order valence-corrected chi connectivity index (χ0v) is 21.1. The molecular formula is C23H35N5O5S. The van der Waals surface area contributed by atoms with Crippen molar-refractivity contribution in [2.75, 3.05) is 26.7 Å². The fraction of sp³-hybridized carbons (Fsp3) is 0.609. The number of rotatable bonds is 4. The van der Waals surface area contributed by atoms with Gasteiger partial charge in [-0.25, -0.2) is 8.42 Å². The number of benzene rings is 1. The molecule has 1 aliphatic heterocycles. The molecule has 0 unspecified atom stereocenters. The number of carbonyl (C=O) groups is 1. The number of esters is 1. The molecule has 1 aromatic heterocycles. The number of fused-ring (bicyclic) bond motifs is 2. The number of nitrogens with one attached hydrogen (secondary N) is 1.